The number of hydrogen-bond donors (Lipinski definition) is 3. The van der Waals surface area contributed by atoms with Crippen molar-refractivity contribution in [3.8, 4) is 0 Å². The normalized spacial score (nSPS) is 27.4. The van der Waals surface area contributed by atoms with Crippen molar-refractivity contribution in [2.24, 2.45) is 5.92 Å². The second-order valence-electron chi connectivity index (χ2n) is 7.75. The molecular formula is C20H26F3N3O2. The molecule has 0 radical (unpaired) electrons. The number of fused-ring (bicyclic) bond motifs is 1. The molecule has 154 valence electrons. The Hall–Kier alpha value is -2.25. The number of carbonyl (C=O) groups excluding carboxylic acids is 2. The van der Waals surface area contributed by atoms with Crippen molar-refractivity contribution in [3.63, 3.8) is 0 Å². The standard InChI is InChI=1S/C20H26F3N3O2/c1-3-4-12-10-16(13-6-5-11(2)9-15(13)24-12)25-18(27)14-7-8-17(20(21,22)23)26-19(14)28/h5-6,9,12,14,16-17,24H,3-4,7-8,10H2,1-2H3,(H,25,27)(H,26,28)/t12-,14?,16?,17?/m1/s1. The number of alkyl halides is 3. The molecule has 1 aromatic carbocycles. The van der Waals surface area contributed by atoms with Gasteiger partial charge in [-0.15, -0.1) is 0 Å². The van der Waals surface area contributed by atoms with E-state index in [9.17, 15) is 22.8 Å². The van der Waals surface area contributed by atoms with Crippen LogP contribution in [-0.2, 0) is 9.59 Å². The minimum absolute atomic E-state index is 0.105. The topological polar surface area (TPSA) is 70.2 Å². The molecule has 2 amide bonds. The maximum absolute atomic E-state index is 12.8. The van der Waals surface area contributed by atoms with Crippen LogP contribution in [0.2, 0.25) is 0 Å². The number of hydrogen-bond acceptors (Lipinski definition) is 3. The molecule has 0 aliphatic carbocycles. The summed E-state index contributed by atoms with van der Waals surface area (Å²) in [6, 6.07) is 3.98. The van der Waals surface area contributed by atoms with Gasteiger partial charge in [-0.2, -0.15) is 13.2 Å². The first-order valence-corrected chi connectivity index (χ1v) is 9.73. The van der Waals surface area contributed by atoms with E-state index in [2.05, 4.69) is 17.6 Å². The monoisotopic (exact) mass is 397 g/mol. The summed E-state index contributed by atoms with van der Waals surface area (Å²) in [4.78, 5) is 24.8. The summed E-state index contributed by atoms with van der Waals surface area (Å²) in [5.41, 5.74) is 2.99. The fourth-order valence-electron chi connectivity index (χ4n) is 4.04. The Morgan fingerprint density at radius 3 is 2.64 bits per heavy atom. The van der Waals surface area contributed by atoms with Gasteiger partial charge in [0, 0.05) is 11.7 Å². The minimum Gasteiger partial charge on any atom is -0.382 e. The zero-order chi connectivity index (χ0) is 20.5. The summed E-state index contributed by atoms with van der Waals surface area (Å²) >= 11 is 0. The zero-order valence-corrected chi connectivity index (χ0v) is 16.0. The first-order valence-electron chi connectivity index (χ1n) is 9.73. The van der Waals surface area contributed by atoms with E-state index in [1.165, 1.54) is 0 Å². The van der Waals surface area contributed by atoms with Gasteiger partial charge in [-0.3, -0.25) is 9.59 Å². The molecule has 0 spiro atoms. The van der Waals surface area contributed by atoms with E-state index in [0.717, 1.165) is 29.7 Å². The van der Waals surface area contributed by atoms with Crippen LogP contribution in [0.1, 0.15) is 56.2 Å². The molecule has 8 heteroatoms. The molecule has 5 nitrogen and oxygen atoms in total. The maximum Gasteiger partial charge on any atom is 0.408 e. The molecule has 2 aliphatic rings. The largest absolute Gasteiger partial charge is 0.408 e. The smallest absolute Gasteiger partial charge is 0.382 e. The Labute approximate surface area is 162 Å². The van der Waals surface area contributed by atoms with Gasteiger partial charge < -0.3 is 16.0 Å². The maximum atomic E-state index is 12.8. The minimum atomic E-state index is -4.49. The highest BCUT2D eigenvalue weighted by atomic mass is 19.4. The first kappa shape index (κ1) is 20.5. The molecule has 2 heterocycles. The van der Waals surface area contributed by atoms with E-state index in [-0.39, 0.29) is 24.9 Å². The number of piperidine rings is 1. The first-order chi connectivity index (χ1) is 13.2. The Morgan fingerprint density at radius 1 is 1.25 bits per heavy atom. The summed E-state index contributed by atoms with van der Waals surface area (Å²) in [6.45, 7) is 4.08. The Kier molecular flexibility index (Phi) is 5.86. The Morgan fingerprint density at radius 2 is 2.00 bits per heavy atom. The van der Waals surface area contributed by atoms with Crippen molar-refractivity contribution < 1.29 is 22.8 Å². The number of carbonyl (C=O) groups is 2. The molecule has 0 aromatic heterocycles. The number of rotatable bonds is 4. The quantitative estimate of drug-likeness (QED) is 0.680. The molecule has 3 rings (SSSR count). The van der Waals surface area contributed by atoms with Crippen LogP contribution in [0.15, 0.2) is 18.2 Å². The summed E-state index contributed by atoms with van der Waals surface area (Å²) in [5, 5.41) is 8.36. The van der Waals surface area contributed by atoms with Gasteiger partial charge in [0.25, 0.3) is 0 Å². The Bertz CT molecular complexity index is 751. The van der Waals surface area contributed by atoms with Crippen LogP contribution in [0.4, 0.5) is 18.9 Å². The fourth-order valence-corrected chi connectivity index (χ4v) is 4.04. The van der Waals surface area contributed by atoms with Gasteiger partial charge in [-0.25, -0.2) is 0 Å². The summed E-state index contributed by atoms with van der Waals surface area (Å²) in [7, 11) is 0. The fraction of sp³-hybridized carbons (Fsp3) is 0.600. The third-order valence-corrected chi connectivity index (χ3v) is 5.51. The number of benzene rings is 1. The molecule has 2 aliphatic heterocycles. The highest BCUT2D eigenvalue weighted by Gasteiger charge is 2.46. The second kappa shape index (κ2) is 8.01. The average Bonchev–Trinajstić information content (AvgIpc) is 2.60. The lowest BCUT2D eigenvalue weighted by atomic mass is 9.88. The van der Waals surface area contributed by atoms with Crippen LogP contribution in [0.3, 0.4) is 0 Å². The van der Waals surface area contributed by atoms with Crippen molar-refractivity contribution in [1.82, 2.24) is 10.6 Å². The summed E-state index contributed by atoms with van der Waals surface area (Å²) in [5.74, 6) is -2.45. The summed E-state index contributed by atoms with van der Waals surface area (Å²) < 4.78 is 38.4. The van der Waals surface area contributed by atoms with Gasteiger partial charge in [-0.05, 0) is 49.8 Å². The van der Waals surface area contributed by atoms with Crippen molar-refractivity contribution in [3.05, 3.63) is 29.3 Å². The predicted molar refractivity (Wildman–Crippen MR) is 99.7 cm³/mol. The van der Waals surface area contributed by atoms with E-state index in [4.69, 9.17) is 0 Å². The second-order valence-corrected chi connectivity index (χ2v) is 7.75. The molecule has 0 saturated carbocycles. The zero-order valence-electron chi connectivity index (χ0n) is 16.0. The molecule has 28 heavy (non-hydrogen) atoms. The van der Waals surface area contributed by atoms with E-state index in [1.54, 1.807) is 0 Å². The number of halogens is 3. The van der Waals surface area contributed by atoms with Crippen LogP contribution >= 0.6 is 0 Å². The van der Waals surface area contributed by atoms with Crippen molar-refractivity contribution in [2.75, 3.05) is 5.32 Å². The van der Waals surface area contributed by atoms with Crippen LogP contribution in [0.5, 0.6) is 0 Å². The lowest BCUT2D eigenvalue weighted by molar-refractivity contribution is -0.171. The van der Waals surface area contributed by atoms with E-state index in [0.29, 0.717) is 6.42 Å². The van der Waals surface area contributed by atoms with Gasteiger partial charge >= 0.3 is 6.18 Å². The molecule has 0 bridgehead atoms. The number of anilines is 1. The number of nitrogens with one attached hydrogen (secondary N) is 3. The van der Waals surface area contributed by atoms with Crippen molar-refractivity contribution >= 4 is 17.5 Å². The van der Waals surface area contributed by atoms with Crippen LogP contribution in [0, 0.1) is 12.8 Å². The van der Waals surface area contributed by atoms with Crippen molar-refractivity contribution in [2.45, 2.75) is 70.3 Å². The van der Waals surface area contributed by atoms with Crippen LogP contribution in [0.25, 0.3) is 0 Å². The molecular weight excluding hydrogens is 371 g/mol. The SMILES string of the molecule is CCC[C@@H]1CC(NC(=O)C2CCC(C(F)(F)F)NC2=O)c2ccc(C)cc2N1. The Balaban J connectivity index is 1.72. The van der Waals surface area contributed by atoms with E-state index in [1.807, 2.05) is 30.4 Å². The predicted octanol–water partition coefficient (Wildman–Crippen LogP) is 3.59. The van der Waals surface area contributed by atoms with Gasteiger partial charge in [0.15, 0.2) is 0 Å². The lowest BCUT2D eigenvalue weighted by Gasteiger charge is -2.35. The highest BCUT2D eigenvalue weighted by molar-refractivity contribution is 6.01. The van der Waals surface area contributed by atoms with Gasteiger partial charge in [-0.1, -0.05) is 25.5 Å². The molecule has 3 N–H and O–H groups in total. The third kappa shape index (κ3) is 4.42. The molecule has 3 unspecified atom stereocenters. The van der Waals surface area contributed by atoms with Crippen molar-refractivity contribution in [1.29, 1.82) is 0 Å². The lowest BCUT2D eigenvalue weighted by Crippen LogP contribution is -2.55. The van der Waals surface area contributed by atoms with E-state index < -0.39 is 30.0 Å². The molecule has 1 aromatic rings. The van der Waals surface area contributed by atoms with E-state index >= 15 is 0 Å². The highest BCUT2D eigenvalue weighted by Crippen LogP contribution is 2.35. The van der Waals surface area contributed by atoms with Crippen LogP contribution < -0.4 is 16.0 Å². The number of aryl methyl sites for hydroxylation is 1. The molecule has 1 saturated heterocycles. The third-order valence-electron chi connectivity index (χ3n) is 5.51. The molecule has 4 atom stereocenters. The van der Waals surface area contributed by atoms with Gasteiger partial charge in [0.2, 0.25) is 11.8 Å². The average molecular weight is 397 g/mol. The van der Waals surface area contributed by atoms with Gasteiger partial charge in [0.1, 0.15) is 12.0 Å². The number of amides is 2. The van der Waals surface area contributed by atoms with Crippen LogP contribution in [-0.4, -0.2) is 30.1 Å². The van der Waals surface area contributed by atoms with Gasteiger partial charge in [0.05, 0.1) is 6.04 Å². The summed E-state index contributed by atoms with van der Waals surface area (Å²) in [6.07, 6.45) is -2.27. The molecule has 1 fully saturated rings.